The molecule has 0 bridgehead atoms. The molecule has 23 heavy (non-hydrogen) atoms. The van der Waals surface area contributed by atoms with Crippen LogP contribution in [0.15, 0.2) is 77.4 Å². The molecule has 2 aromatic carbocycles. The van der Waals surface area contributed by atoms with Gasteiger partial charge in [-0.15, -0.1) is 0 Å². The highest BCUT2D eigenvalue weighted by Gasteiger charge is 2.15. The van der Waals surface area contributed by atoms with Crippen LogP contribution < -0.4 is 10.1 Å². The molecule has 4 nitrogen and oxygen atoms in total. The van der Waals surface area contributed by atoms with Gasteiger partial charge in [0, 0.05) is 12.1 Å². The van der Waals surface area contributed by atoms with E-state index in [4.69, 9.17) is 9.15 Å². The number of hydrogen-bond donors (Lipinski definition) is 1. The monoisotopic (exact) mass is 307 g/mol. The van der Waals surface area contributed by atoms with E-state index in [1.165, 1.54) is 6.26 Å². The fourth-order valence-electron chi connectivity index (χ4n) is 2.18. The lowest BCUT2D eigenvalue weighted by Crippen LogP contribution is -2.23. The first-order chi connectivity index (χ1) is 11.3. The highest BCUT2D eigenvalue weighted by atomic mass is 16.5. The zero-order valence-corrected chi connectivity index (χ0v) is 12.6. The van der Waals surface area contributed by atoms with E-state index in [-0.39, 0.29) is 18.3 Å². The summed E-state index contributed by atoms with van der Waals surface area (Å²) >= 11 is 0. The molecule has 0 atom stereocenters. The SMILES string of the molecule is O=C(NCc1ccccc1)c1occc1COc1ccccc1. The highest BCUT2D eigenvalue weighted by Crippen LogP contribution is 2.16. The number of rotatable bonds is 6. The van der Waals surface area contributed by atoms with Crippen molar-refractivity contribution < 1.29 is 13.9 Å². The summed E-state index contributed by atoms with van der Waals surface area (Å²) in [5, 5.41) is 2.85. The second-order valence-corrected chi connectivity index (χ2v) is 5.04. The Morgan fingerprint density at radius 3 is 2.39 bits per heavy atom. The molecule has 3 aromatic rings. The number of ether oxygens (including phenoxy) is 1. The van der Waals surface area contributed by atoms with Gasteiger partial charge < -0.3 is 14.5 Å². The number of carbonyl (C=O) groups excluding carboxylic acids is 1. The minimum atomic E-state index is -0.245. The van der Waals surface area contributed by atoms with Crippen molar-refractivity contribution in [1.29, 1.82) is 0 Å². The molecule has 0 aliphatic rings. The van der Waals surface area contributed by atoms with Gasteiger partial charge in [-0.3, -0.25) is 4.79 Å². The summed E-state index contributed by atoms with van der Waals surface area (Å²) in [6.45, 7) is 0.744. The van der Waals surface area contributed by atoms with Crippen LogP contribution in [0.3, 0.4) is 0 Å². The topological polar surface area (TPSA) is 51.5 Å². The average molecular weight is 307 g/mol. The lowest BCUT2D eigenvalue weighted by atomic mass is 10.2. The van der Waals surface area contributed by atoms with Crippen LogP contribution in [0.4, 0.5) is 0 Å². The van der Waals surface area contributed by atoms with E-state index in [1.807, 2.05) is 60.7 Å². The first-order valence-corrected chi connectivity index (χ1v) is 7.39. The van der Waals surface area contributed by atoms with E-state index in [9.17, 15) is 4.79 Å². The minimum Gasteiger partial charge on any atom is -0.489 e. The van der Waals surface area contributed by atoms with Gasteiger partial charge in [-0.2, -0.15) is 0 Å². The molecule has 116 valence electrons. The van der Waals surface area contributed by atoms with Crippen molar-refractivity contribution in [3.05, 3.63) is 89.9 Å². The van der Waals surface area contributed by atoms with Crippen molar-refractivity contribution in [2.75, 3.05) is 0 Å². The number of para-hydroxylation sites is 1. The summed E-state index contributed by atoms with van der Waals surface area (Å²) in [7, 11) is 0. The van der Waals surface area contributed by atoms with E-state index in [2.05, 4.69) is 5.32 Å². The fraction of sp³-hybridized carbons (Fsp3) is 0.105. The molecule has 4 heteroatoms. The van der Waals surface area contributed by atoms with Gasteiger partial charge in [-0.1, -0.05) is 48.5 Å². The molecule has 3 rings (SSSR count). The molecule has 0 radical (unpaired) electrons. The predicted octanol–water partition coefficient (Wildman–Crippen LogP) is 3.79. The van der Waals surface area contributed by atoms with Crippen LogP contribution in [0.1, 0.15) is 21.7 Å². The van der Waals surface area contributed by atoms with Gasteiger partial charge in [-0.25, -0.2) is 0 Å². The number of hydrogen-bond acceptors (Lipinski definition) is 3. The van der Waals surface area contributed by atoms with Crippen molar-refractivity contribution in [2.24, 2.45) is 0 Å². The van der Waals surface area contributed by atoms with Crippen molar-refractivity contribution in [1.82, 2.24) is 5.32 Å². The van der Waals surface area contributed by atoms with Crippen LogP contribution in [0.25, 0.3) is 0 Å². The quantitative estimate of drug-likeness (QED) is 0.754. The van der Waals surface area contributed by atoms with Gasteiger partial charge in [0.25, 0.3) is 5.91 Å². The maximum absolute atomic E-state index is 12.3. The summed E-state index contributed by atoms with van der Waals surface area (Å²) < 4.78 is 11.0. The Kier molecular flexibility index (Phi) is 4.74. The Hall–Kier alpha value is -3.01. The summed E-state index contributed by atoms with van der Waals surface area (Å²) in [5.41, 5.74) is 1.76. The standard InChI is InChI=1S/C19H17NO3/c21-19(20-13-15-7-3-1-4-8-15)18-16(11-12-22-18)14-23-17-9-5-2-6-10-17/h1-12H,13-14H2,(H,20,21). The van der Waals surface area contributed by atoms with Crippen LogP contribution in [0.2, 0.25) is 0 Å². The van der Waals surface area contributed by atoms with Crippen LogP contribution >= 0.6 is 0 Å². The first-order valence-electron chi connectivity index (χ1n) is 7.39. The van der Waals surface area contributed by atoms with E-state index in [0.29, 0.717) is 6.54 Å². The maximum atomic E-state index is 12.3. The molecule has 1 N–H and O–H groups in total. The molecule has 1 heterocycles. The molecule has 0 saturated heterocycles. The summed E-state index contributed by atoms with van der Waals surface area (Å²) in [4.78, 5) is 12.3. The Bertz CT molecular complexity index is 751. The largest absolute Gasteiger partial charge is 0.489 e. The van der Waals surface area contributed by atoms with E-state index in [0.717, 1.165) is 16.9 Å². The number of benzene rings is 2. The molecular formula is C19H17NO3. The number of amides is 1. The van der Waals surface area contributed by atoms with Crippen LogP contribution in [-0.4, -0.2) is 5.91 Å². The summed E-state index contributed by atoms with van der Waals surface area (Å²) in [6.07, 6.45) is 1.50. The zero-order valence-electron chi connectivity index (χ0n) is 12.6. The lowest BCUT2D eigenvalue weighted by Gasteiger charge is -2.07. The number of furan rings is 1. The first kappa shape index (κ1) is 14.9. The third-order valence-electron chi connectivity index (χ3n) is 3.39. The third kappa shape index (κ3) is 4.01. The molecular weight excluding hydrogens is 290 g/mol. The zero-order chi connectivity index (χ0) is 15.9. The molecule has 0 aliphatic heterocycles. The fourth-order valence-corrected chi connectivity index (χ4v) is 2.18. The Balaban J connectivity index is 1.60. The summed E-state index contributed by atoms with van der Waals surface area (Å²) in [5.74, 6) is 0.798. The second-order valence-electron chi connectivity index (χ2n) is 5.04. The third-order valence-corrected chi connectivity index (χ3v) is 3.39. The molecule has 0 spiro atoms. The number of carbonyl (C=O) groups is 1. The Morgan fingerprint density at radius 2 is 1.65 bits per heavy atom. The Labute approximate surface area is 134 Å². The minimum absolute atomic E-state index is 0.245. The van der Waals surface area contributed by atoms with Crippen molar-refractivity contribution in [3.8, 4) is 5.75 Å². The van der Waals surface area contributed by atoms with Crippen molar-refractivity contribution in [2.45, 2.75) is 13.2 Å². The van der Waals surface area contributed by atoms with Crippen LogP contribution in [-0.2, 0) is 13.2 Å². The van der Waals surface area contributed by atoms with Gasteiger partial charge in [0.15, 0.2) is 5.76 Å². The average Bonchev–Trinajstić information content (AvgIpc) is 3.08. The maximum Gasteiger partial charge on any atom is 0.287 e. The van der Waals surface area contributed by atoms with Gasteiger partial charge in [0.05, 0.1) is 6.26 Å². The molecule has 0 unspecified atom stereocenters. The van der Waals surface area contributed by atoms with Crippen LogP contribution in [0, 0.1) is 0 Å². The molecule has 1 aromatic heterocycles. The number of nitrogens with one attached hydrogen (secondary N) is 1. The molecule has 1 amide bonds. The smallest absolute Gasteiger partial charge is 0.287 e. The van der Waals surface area contributed by atoms with E-state index < -0.39 is 0 Å². The molecule has 0 aliphatic carbocycles. The van der Waals surface area contributed by atoms with E-state index in [1.54, 1.807) is 6.07 Å². The van der Waals surface area contributed by atoms with E-state index >= 15 is 0 Å². The molecule has 0 fully saturated rings. The van der Waals surface area contributed by atoms with Gasteiger partial charge in [-0.05, 0) is 23.8 Å². The van der Waals surface area contributed by atoms with Gasteiger partial charge in [0.2, 0.25) is 0 Å². The lowest BCUT2D eigenvalue weighted by molar-refractivity contribution is 0.0919. The normalized spacial score (nSPS) is 10.3. The van der Waals surface area contributed by atoms with Gasteiger partial charge in [0.1, 0.15) is 12.4 Å². The summed E-state index contributed by atoms with van der Waals surface area (Å²) in [6, 6.07) is 21.0. The van der Waals surface area contributed by atoms with Crippen molar-refractivity contribution in [3.63, 3.8) is 0 Å². The van der Waals surface area contributed by atoms with Crippen LogP contribution in [0.5, 0.6) is 5.75 Å². The predicted molar refractivity (Wildman–Crippen MR) is 87.1 cm³/mol. The molecule has 0 saturated carbocycles. The Morgan fingerprint density at radius 1 is 0.957 bits per heavy atom. The second kappa shape index (κ2) is 7.31. The van der Waals surface area contributed by atoms with Gasteiger partial charge >= 0.3 is 0 Å². The van der Waals surface area contributed by atoms with Crippen molar-refractivity contribution >= 4 is 5.91 Å². The highest BCUT2D eigenvalue weighted by molar-refractivity contribution is 5.92.